The average molecular weight is 323 g/mol. The Bertz CT molecular complexity index is 931. The summed E-state index contributed by atoms with van der Waals surface area (Å²) < 4.78 is 13.0. The molecule has 3 aromatic rings. The van der Waals surface area contributed by atoms with Crippen molar-refractivity contribution < 1.29 is 9.18 Å². The van der Waals surface area contributed by atoms with Gasteiger partial charge in [-0.2, -0.15) is 0 Å². The number of nitrogen functional groups attached to an aromatic ring is 1. The molecule has 0 aromatic carbocycles. The molecule has 24 heavy (non-hydrogen) atoms. The van der Waals surface area contributed by atoms with Crippen LogP contribution < -0.4 is 11.1 Å². The van der Waals surface area contributed by atoms with Crippen LogP contribution in [-0.2, 0) is 4.79 Å². The molecule has 3 heterocycles. The van der Waals surface area contributed by atoms with E-state index in [1.165, 1.54) is 0 Å². The van der Waals surface area contributed by atoms with Crippen LogP contribution in [0.15, 0.2) is 42.9 Å². The molecule has 7 heteroatoms. The molecule has 0 spiro atoms. The van der Waals surface area contributed by atoms with E-state index in [9.17, 15) is 9.18 Å². The number of fused-ring (bicyclic) bond motifs is 1. The number of amides is 1. The van der Waals surface area contributed by atoms with E-state index in [0.29, 0.717) is 22.7 Å². The number of rotatable bonds is 3. The minimum atomic E-state index is -1.04. The number of alkyl halides is 1. The van der Waals surface area contributed by atoms with Gasteiger partial charge >= 0.3 is 0 Å². The number of hydrogen-bond donors (Lipinski definition) is 2. The van der Waals surface area contributed by atoms with Crippen LogP contribution in [0.4, 0.5) is 16.0 Å². The molecule has 0 saturated heterocycles. The summed E-state index contributed by atoms with van der Waals surface area (Å²) >= 11 is 0. The molecule has 6 nitrogen and oxygen atoms in total. The maximum Gasteiger partial charge on any atom is 0.231 e. The molecule has 2 unspecified atom stereocenters. The fraction of sp³-hybridized carbons (Fsp3) is 0.176. The number of anilines is 2. The summed E-state index contributed by atoms with van der Waals surface area (Å²) in [5.74, 6) is -0.183. The first-order valence-corrected chi connectivity index (χ1v) is 7.53. The van der Waals surface area contributed by atoms with Crippen LogP contribution in [0.25, 0.3) is 22.0 Å². The Kier molecular flexibility index (Phi) is 3.34. The van der Waals surface area contributed by atoms with Gasteiger partial charge in [0.15, 0.2) is 0 Å². The van der Waals surface area contributed by atoms with Crippen LogP contribution in [0.2, 0.25) is 0 Å². The number of nitrogens with one attached hydrogen (secondary N) is 1. The van der Waals surface area contributed by atoms with Crippen molar-refractivity contribution in [2.75, 3.05) is 11.1 Å². The van der Waals surface area contributed by atoms with Crippen molar-refractivity contribution in [3.63, 3.8) is 0 Å². The monoisotopic (exact) mass is 323 g/mol. The Morgan fingerprint density at radius 3 is 2.88 bits per heavy atom. The first kappa shape index (κ1) is 14.5. The summed E-state index contributed by atoms with van der Waals surface area (Å²) in [6.45, 7) is 0. The summed E-state index contributed by atoms with van der Waals surface area (Å²) in [6, 6.07) is 7.27. The van der Waals surface area contributed by atoms with Crippen molar-refractivity contribution >= 4 is 28.3 Å². The van der Waals surface area contributed by atoms with Crippen LogP contribution in [0.1, 0.15) is 6.42 Å². The third-order valence-electron chi connectivity index (χ3n) is 4.00. The molecule has 120 valence electrons. The molecule has 1 amide bonds. The first-order chi connectivity index (χ1) is 11.6. The predicted molar refractivity (Wildman–Crippen MR) is 88.8 cm³/mol. The van der Waals surface area contributed by atoms with Gasteiger partial charge in [0.25, 0.3) is 0 Å². The lowest BCUT2D eigenvalue weighted by molar-refractivity contribution is -0.117. The highest BCUT2D eigenvalue weighted by atomic mass is 19.1. The van der Waals surface area contributed by atoms with E-state index in [4.69, 9.17) is 5.73 Å². The third-order valence-corrected chi connectivity index (χ3v) is 4.00. The van der Waals surface area contributed by atoms with Gasteiger partial charge in [-0.25, -0.2) is 14.4 Å². The number of pyridine rings is 3. The van der Waals surface area contributed by atoms with Gasteiger partial charge in [0.2, 0.25) is 5.91 Å². The Hall–Kier alpha value is -3.09. The Balaban J connectivity index is 1.71. The summed E-state index contributed by atoms with van der Waals surface area (Å²) in [5.41, 5.74) is 7.54. The van der Waals surface area contributed by atoms with Gasteiger partial charge in [0.1, 0.15) is 17.8 Å². The van der Waals surface area contributed by atoms with E-state index in [-0.39, 0.29) is 12.3 Å². The van der Waals surface area contributed by atoms with Gasteiger partial charge in [-0.05, 0) is 36.1 Å². The van der Waals surface area contributed by atoms with E-state index in [1.807, 2.05) is 18.2 Å². The highest BCUT2D eigenvalue weighted by Crippen LogP contribution is 2.35. The molecular formula is C17H14FN5O. The van der Waals surface area contributed by atoms with Crippen LogP contribution in [0.3, 0.4) is 0 Å². The van der Waals surface area contributed by atoms with Crippen LogP contribution in [0, 0.1) is 5.92 Å². The highest BCUT2D eigenvalue weighted by molar-refractivity contribution is 5.98. The second kappa shape index (κ2) is 5.52. The van der Waals surface area contributed by atoms with Gasteiger partial charge < -0.3 is 11.1 Å². The average Bonchev–Trinajstić information content (AvgIpc) is 3.32. The van der Waals surface area contributed by atoms with Gasteiger partial charge in [0.05, 0.1) is 11.6 Å². The second-order valence-corrected chi connectivity index (χ2v) is 5.77. The van der Waals surface area contributed by atoms with Crippen LogP contribution >= 0.6 is 0 Å². The number of carbonyl (C=O) groups is 1. The Labute approximate surface area is 136 Å². The number of carbonyl (C=O) groups excluding carboxylic acids is 1. The molecule has 1 fully saturated rings. The molecular weight excluding hydrogens is 309 g/mol. The maximum atomic E-state index is 13.0. The summed E-state index contributed by atoms with van der Waals surface area (Å²) in [4.78, 5) is 24.4. The maximum absolute atomic E-state index is 13.0. The zero-order valence-electron chi connectivity index (χ0n) is 12.6. The van der Waals surface area contributed by atoms with Crippen molar-refractivity contribution in [1.82, 2.24) is 15.0 Å². The number of aromatic nitrogens is 3. The summed E-state index contributed by atoms with van der Waals surface area (Å²) in [5, 5.41) is 4.12. The zero-order chi connectivity index (χ0) is 16.7. The number of nitrogens with zero attached hydrogens (tertiary/aromatic N) is 3. The number of halogens is 1. The lowest BCUT2D eigenvalue weighted by Crippen LogP contribution is -2.15. The highest BCUT2D eigenvalue weighted by Gasteiger charge is 2.43. The van der Waals surface area contributed by atoms with Crippen molar-refractivity contribution in [3.8, 4) is 11.3 Å². The second-order valence-electron chi connectivity index (χ2n) is 5.77. The standard InChI is InChI=1S/C17H14FN5O/c18-13-6-11(13)17(24)23-15-5-10-4-14(9-2-1-3-20-7-9)22-16(19)12(10)8-21-15/h1-5,7-8,11,13H,6H2,(H2,19,22)(H,21,23,24). The van der Waals surface area contributed by atoms with E-state index in [0.717, 1.165) is 10.9 Å². The van der Waals surface area contributed by atoms with Crippen molar-refractivity contribution in [1.29, 1.82) is 0 Å². The fourth-order valence-electron chi connectivity index (χ4n) is 2.56. The van der Waals surface area contributed by atoms with Gasteiger partial charge in [-0.3, -0.25) is 9.78 Å². The Morgan fingerprint density at radius 1 is 1.33 bits per heavy atom. The predicted octanol–water partition coefficient (Wildman–Crippen LogP) is 2.57. The van der Waals surface area contributed by atoms with Gasteiger partial charge in [-0.15, -0.1) is 0 Å². The Morgan fingerprint density at radius 2 is 2.17 bits per heavy atom. The largest absolute Gasteiger partial charge is 0.383 e. The number of nitrogens with two attached hydrogens (primary N) is 1. The van der Waals surface area contributed by atoms with Crippen molar-refractivity contribution in [3.05, 3.63) is 42.9 Å². The summed E-state index contributed by atoms with van der Waals surface area (Å²) in [7, 11) is 0. The van der Waals surface area contributed by atoms with Crippen LogP contribution in [-0.4, -0.2) is 27.0 Å². The molecule has 0 aliphatic heterocycles. The SMILES string of the molecule is Nc1nc(-c2cccnc2)cc2cc(NC(=O)C3CC3F)ncc12. The van der Waals surface area contributed by atoms with E-state index in [1.54, 1.807) is 24.7 Å². The molecule has 2 atom stereocenters. The summed E-state index contributed by atoms with van der Waals surface area (Å²) in [6.07, 6.45) is 4.18. The fourth-order valence-corrected chi connectivity index (χ4v) is 2.56. The van der Waals surface area contributed by atoms with Crippen molar-refractivity contribution in [2.24, 2.45) is 5.92 Å². The van der Waals surface area contributed by atoms with E-state index < -0.39 is 12.1 Å². The quantitative estimate of drug-likeness (QED) is 0.772. The molecule has 3 N–H and O–H groups in total. The van der Waals surface area contributed by atoms with Crippen molar-refractivity contribution in [2.45, 2.75) is 12.6 Å². The molecule has 0 bridgehead atoms. The molecule has 1 saturated carbocycles. The molecule has 0 radical (unpaired) electrons. The lowest BCUT2D eigenvalue weighted by Gasteiger charge is -2.08. The smallest absolute Gasteiger partial charge is 0.231 e. The third kappa shape index (κ3) is 2.64. The first-order valence-electron chi connectivity index (χ1n) is 7.53. The van der Waals surface area contributed by atoms with Gasteiger partial charge in [-0.1, -0.05) is 0 Å². The minimum Gasteiger partial charge on any atom is -0.383 e. The molecule has 1 aliphatic rings. The number of hydrogen-bond acceptors (Lipinski definition) is 5. The minimum absolute atomic E-state index is 0.279. The topological polar surface area (TPSA) is 93.8 Å². The molecule has 1 aliphatic carbocycles. The van der Waals surface area contributed by atoms with Crippen LogP contribution in [0.5, 0.6) is 0 Å². The molecule has 3 aromatic heterocycles. The zero-order valence-corrected chi connectivity index (χ0v) is 12.6. The van der Waals surface area contributed by atoms with E-state index >= 15 is 0 Å². The lowest BCUT2D eigenvalue weighted by atomic mass is 10.1. The van der Waals surface area contributed by atoms with E-state index in [2.05, 4.69) is 20.3 Å². The van der Waals surface area contributed by atoms with Gasteiger partial charge in [0, 0.05) is 29.5 Å². The molecule has 4 rings (SSSR count). The normalized spacial score (nSPS) is 19.2.